The Balaban J connectivity index is 2.13. The van der Waals surface area contributed by atoms with E-state index >= 15 is 0 Å². The van der Waals surface area contributed by atoms with Crippen LogP contribution in [-0.4, -0.2) is 32.2 Å². The highest BCUT2D eigenvalue weighted by Crippen LogP contribution is 2.31. The Morgan fingerprint density at radius 3 is 2.22 bits per heavy atom. The molecule has 2 aromatic carbocycles. The summed E-state index contributed by atoms with van der Waals surface area (Å²) in [6.45, 7) is 3.26. The summed E-state index contributed by atoms with van der Waals surface area (Å²) in [6.07, 6.45) is -1.06. The molecule has 27 heavy (non-hydrogen) atoms. The van der Waals surface area contributed by atoms with Crippen molar-refractivity contribution in [2.75, 3.05) is 19.5 Å². The molecule has 2 rings (SSSR count). The van der Waals surface area contributed by atoms with E-state index in [0.717, 1.165) is 5.56 Å². The van der Waals surface area contributed by atoms with Gasteiger partial charge in [0.1, 0.15) is 11.5 Å². The van der Waals surface area contributed by atoms with E-state index in [0.29, 0.717) is 22.2 Å². The van der Waals surface area contributed by atoms with Crippen LogP contribution in [0.5, 0.6) is 11.5 Å². The molecule has 0 aliphatic rings. The lowest BCUT2D eigenvalue weighted by atomic mass is 10.1. The molecule has 1 unspecified atom stereocenters. The molecule has 0 spiro atoms. The average Bonchev–Trinajstić information content (AvgIpc) is 2.65. The van der Waals surface area contributed by atoms with E-state index in [1.807, 2.05) is 0 Å². The van der Waals surface area contributed by atoms with Gasteiger partial charge < -0.3 is 19.5 Å². The van der Waals surface area contributed by atoms with Crippen molar-refractivity contribution in [1.29, 1.82) is 0 Å². The Kier molecular flexibility index (Phi) is 6.93. The van der Waals surface area contributed by atoms with Gasteiger partial charge in [-0.15, -0.1) is 0 Å². The maximum absolute atomic E-state index is 12.4. The molecule has 1 N–H and O–H groups in total. The van der Waals surface area contributed by atoms with Gasteiger partial charge in [0.05, 0.1) is 35.5 Å². The molecule has 1 amide bonds. The Morgan fingerprint density at radius 1 is 1.07 bits per heavy atom. The predicted molar refractivity (Wildman–Crippen MR) is 104 cm³/mol. The van der Waals surface area contributed by atoms with Crippen molar-refractivity contribution in [3.05, 3.63) is 51.5 Å². The van der Waals surface area contributed by atoms with Gasteiger partial charge >= 0.3 is 5.97 Å². The van der Waals surface area contributed by atoms with Crippen LogP contribution in [0.1, 0.15) is 22.8 Å². The maximum atomic E-state index is 12.4. The highest BCUT2D eigenvalue weighted by molar-refractivity contribution is 6.44. The van der Waals surface area contributed by atoms with Crippen LogP contribution in [-0.2, 0) is 9.53 Å². The number of carbonyl (C=O) groups is 2. The minimum Gasteiger partial charge on any atom is -0.496 e. The first kappa shape index (κ1) is 20.9. The molecular formula is C19H19Cl2NO5. The fourth-order valence-electron chi connectivity index (χ4n) is 2.32. The lowest BCUT2D eigenvalue weighted by Gasteiger charge is -2.16. The number of hydrogen-bond acceptors (Lipinski definition) is 5. The van der Waals surface area contributed by atoms with Crippen LogP contribution in [0.15, 0.2) is 30.3 Å². The molecule has 0 bridgehead atoms. The zero-order chi connectivity index (χ0) is 20.1. The highest BCUT2D eigenvalue weighted by Gasteiger charge is 2.22. The van der Waals surface area contributed by atoms with Crippen LogP contribution >= 0.6 is 23.2 Å². The van der Waals surface area contributed by atoms with Gasteiger partial charge in [0, 0.05) is 5.56 Å². The van der Waals surface area contributed by atoms with Crippen LogP contribution in [0.25, 0.3) is 0 Å². The normalized spacial score (nSPS) is 11.5. The summed E-state index contributed by atoms with van der Waals surface area (Å²) >= 11 is 12.0. The summed E-state index contributed by atoms with van der Waals surface area (Å²) in [5.74, 6) is -0.279. The van der Waals surface area contributed by atoms with Crippen molar-refractivity contribution in [2.24, 2.45) is 0 Å². The third-order valence-electron chi connectivity index (χ3n) is 3.85. The molecule has 0 fully saturated rings. The Hall–Kier alpha value is -2.44. The molecule has 144 valence electrons. The zero-order valence-corrected chi connectivity index (χ0v) is 16.8. The fraction of sp³-hybridized carbons (Fsp3) is 0.263. The quantitative estimate of drug-likeness (QED) is 0.708. The average molecular weight is 412 g/mol. The molecule has 6 nitrogen and oxygen atoms in total. The van der Waals surface area contributed by atoms with E-state index < -0.39 is 18.0 Å². The largest absolute Gasteiger partial charge is 0.496 e. The van der Waals surface area contributed by atoms with Gasteiger partial charge in [-0.3, -0.25) is 4.79 Å². The zero-order valence-electron chi connectivity index (χ0n) is 15.3. The molecule has 1 atom stereocenters. The van der Waals surface area contributed by atoms with Gasteiger partial charge in [-0.2, -0.15) is 0 Å². The summed E-state index contributed by atoms with van der Waals surface area (Å²) in [4.78, 5) is 24.7. The molecular weight excluding hydrogens is 393 g/mol. The number of anilines is 1. The van der Waals surface area contributed by atoms with Crippen LogP contribution in [0, 0.1) is 6.92 Å². The van der Waals surface area contributed by atoms with Gasteiger partial charge in [-0.05, 0) is 38.1 Å². The first-order valence-corrected chi connectivity index (χ1v) is 8.72. The molecule has 0 heterocycles. The minimum atomic E-state index is -1.06. The standard InChI is InChI=1S/C19H19Cl2NO5/c1-10-15(25-3)8-12(9-16(10)26-4)19(24)27-11(2)18(23)22-14-7-5-6-13(20)17(14)21/h5-9,11H,1-4H3,(H,22,23). The van der Waals surface area contributed by atoms with Gasteiger partial charge in [0.25, 0.3) is 5.91 Å². The number of ether oxygens (including phenoxy) is 3. The van der Waals surface area contributed by atoms with Crippen molar-refractivity contribution in [3.63, 3.8) is 0 Å². The summed E-state index contributed by atoms with van der Waals surface area (Å²) in [6, 6.07) is 7.89. The van der Waals surface area contributed by atoms with Crippen molar-refractivity contribution in [2.45, 2.75) is 20.0 Å². The predicted octanol–water partition coefficient (Wildman–Crippen LogP) is 4.50. The first-order chi connectivity index (χ1) is 12.8. The van der Waals surface area contributed by atoms with Gasteiger partial charge in [-0.1, -0.05) is 29.3 Å². The SMILES string of the molecule is COc1cc(C(=O)OC(C)C(=O)Nc2cccc(Cl)c2Cl)cc(OC)c1C. The number of benzene rings is 2. The smallest absolute Gasteiger partial charge is 0.339 e. The third kappa shape index (κ3) is 4.84. The molecule has 0 saturated heterocycles. The molecule has 8 heteroatoms. The van der Waals surface area contributed by atoms with Gasteiger partial charge in [-0.25, -0.2) is 4.79 Å². The number of halogens is 2. The molecule has 0 aliphatic carbocycles. The van der Waals surface area contributed by atoms with Crippen molar-refractivity contribution in [3.8, 4) is 11.5 Å². The maximum Gasteiger partial charge on any atom is 0.339 e. The molecule has 2 aromatic rings. The van der Waals surface area contributed by atoms with Crippen molar-refractivity contribution >= 4 is 40.8 Å². The van der Waals surface area contributed by atoms with E-state index in [-0.39, 0.29) is 10.6 Å². The topological polar surface area (TPSA) is 73.9 Å². The fourth-order valence-corrected chi connectivity index (χ4v) is 2.67. The number of amides is 1. The number of esters is 1. The minimum absolute atomic E-state index is 0.203. The summed E-state index contributed by atoms with van der Waals surface area (Å²) < 4.78 is 15.7. The number of rotatable bonds is 6. The molecule has 0 saturated carbocycles. The molecule has 0 aliphatic heterocycles. The highest BCUT2D eigenvalue weighted by atomic mass is 35.5. The molecule has 0 aromatic heterocycles. The Labute approximate surface area is 167 Å². The second-order valence-corrected chi connectivity index (χ2v) is 6.43. The van der Waals surface area contributed by atoms with Gasteiger partial charge in [0.2, 0.25) is 0 Å². The first-order valence-electron chi connectivity index (χ1n) is 7.97. The van der Waals surface area contributed by atoms with Crippen LogP contribution in [0.3, 0.4) is 0 Å². The van der Waals surface area contributed by atoms with Crippen LogP contribution < -0.4 is 14.8 Å². The Morgan fingerprint density at radius 2 is 1.67 bits per heavy atom. The summed E-state index contributed by atoms with van der Waals surface area (Å²) in [5, 5.41) is 3.09. The van der Waals surface area contributed by atoms with Crippen LogP contribution in [0.4, 0.5) is 5.69 Å². The Bertz CT molecular complexity index is 844. The number of methoxy groups -OCH3 is 2. The van der Waals surface area contributed by atoms with Crippen molar-refractivity contribution < 1.29 is 23.8 Å². The van der Waals surface area contributed by atoms with E-state index in [1.165, 1.54) is 33.3 Å². The number of hydrogen-bond donors (Lipinski definition) is 1. The van der Waals surface area contributed by atoms with E-state index in [2.05, 4.69) is 5.32 Å². The van der Waals surface area contributed by atoms with Crippen molar-refractivity contribution in [1.82, 2.24) is 0 Å². The van der Waals surface area contributed by atoms with Gasteiger partial charge in [0.15, 0.2) is 6.10 Å². The molecule has 0 radical (unpaired) electrons. The number of nitrogens with one attached hydrogen (secondary N) is 1. The third-order valence-corrected chi connectivity index (χ3v) is 4.67. The second-order valence-electron chi connectivity index (χ2n) is 5.64. The monoisotopic (exact) mass is 411 g/mol. The summed E-state index contributed by atoms with van der Waals surface area (Å²) in [7, 11) is 2.98. The van der Waals surface area contributed by atoms with E-state index in [9.17, 15) is 9.59 Å². The summed E-state index contributed by atoms with van der Waals surface area (Å²) in [5.41, 5.74) is 1.28. The van der Waals surface area contributed by atoms with E-state index in [1.54, 1.807) is 25.1 Å². The second kappa shape index (κ2) is 8.97. The van der Waals surface area contributed by atoms with Crippen LogP contribution in [0.2, 0.25) is 10.0 Å². The number of carbonyl (C=O) groups excluding carboxylic acids is 2. The lowest BCUT2D eigenvalue weighted by Crippen LogP contribution is -2.30. The van der Waals surface area contributed by atoms with E-state index in [4.69, 9.17) is 37.4 Å². The lowest BCUT2D eigenvalue weighted by molar-refractivity contribution is -0.123.